The Morgan fingerprint density at radius 2 is 1.95 bits per heavy atom. The van der Waals surface area contributed by atoms with Gasteiger partial charge in [0.2, 0.25) is 11.8 Å². The van der Waals surface area contributed by atoms with Crippen LogP contribution in [-0.4, -0.2) is 29.9 Å². The van der Waals surface area contributed by atoms with Crippen molar-refractivity contribution in [2.45, 2.75) is 13.3 Å². The number of hydrogen-bond acceptors (Lipinski definition) is 2. The first-order valence-corrected chi connectivity index (χ1v) is 6.22. The smallest absolute Gasteiger partial charge is 0.224 e. The third-order valence-electron chi connectivity index (χ3n) is 2.81. The molecular formula is C14H17N3O2. The molecule has 2 rings (SSSR count). The van der Waals surface area contributed by atoms with Crippen LogP contribution in [-0.2, 0) is 16.0 Å². The molecule has 5 nitrogen and oxygen atoms in total. The number of carbonyl (C=O) groups excluding carboxylic acids is 2. The summed E-state index contributed by atoms with van der Waals surface area (Å²) in [6, 6.07) is 7.91. The van der Waals surface area contributed by atoms with Crippen LogP contribution in [0.15, 0.2) is 30.5 Å². The predicted octanol–water partition coefficient (Wildman–Crippen LogP) is 0.963. The number of nitrogens with one attached hydrogen (secondary N) is 3. The molecule has 100 valence electrons. The molecule has 2 aromatic rings. The van der Waals surface area contributed by atoms with Gasteiger partial charge in [-0.25, -0.2) is 0 Å². The molecule has 1 aromatic carbocycles. The molecule has 0 aliphatic carbocycles. The zero-order valence-corrected chi connectivity index (χ0v) is 10.8. The van der Waals surface area contributed by atoms with E-state index < -0.39 is 0 Å². The maximum Gasteiger partial charge on any atom is 0.224 e. The zero-order valence-electron chi connectivity index (χ0n) is 10.8. The van der Waals surface area contributed by atoms with E-state index in [1.807, 2.05) is 30.5 Å². The molecule has 0 saturated carbocycles. The average Bonchev–Trinajstić information content (AvgIpc) is 2.82. The average molecular weight is 259 g/mol. The van der Waals surface area contributed by atoms with Crippen molar-refractivity contribution in [1.82, 2.24) is 15.6 Å². The first-order chi connectivity index (χ1) is 9.15. The van der Waals surface area contributed by atoms with Crippen LogP contribution in [0.2, 0.25) is 0 Å². The molecule has 0 atom stereocenters. The Hall–Kier alpha value is -2.30. The van der Waals surface area contributed by atoms with Gasteiger partial charge in [0.15, 0.2) is 0 Å². The number of fused-ring (bicyclic) bond motifs is 1. The van der Waals surface area contributed by atoms with Gasteiger partial charge in [0, 0.05) is 31.7 Å². The lowest BCUT2D eigenvalue weighted by atomic mass is 10.1. The zero-order chi connectivity index (χ0) is 13.7. The number of benzene rings is 1. The fourth-order valence-corrected chi connectivity index (χ4v) is 1.89. The summed E-state index contributed by atoms with van der Waals surface area (Å²) in [7, 11) is 0. The minimum atomic E-state index is -0.0913. The number of H-pyrrole nitrogens is 1. The highest BCUT2D eigenvalue weighted by atomic mass is 16.2. The number of aromatic amines is 1. The summed E-state index contributed by atoms with van der Waals surface area (Å²) in [6.07, 6.45) is 2.22. The van der Waals surface area contributed by atoms with Gasteiger partial charge in [-0.05, 0) is 23.1 Å². The Balaban J connectivity index is 1.82. The van der Waals surface area contributed by atoms with Crippen molar-refractivity contribution in [3.8, 4) is 0 Å². The third kappa shape index (κ3) is 3.84. The van der Waals surface area contributed by atoms with Gasteiger partial charge in [0.25, 0.3) is 0 Å². The number of hydrogen-bond donors (Lipinski definition) is 3. The van der Waals surface area contributed by atoms with Crippen LogP contribution in [0.3, 0.4) is 0 Å². The van der Waals surface area contributed by atoms with Crippen LogP contribution in [0.5, 0.6) is 0 Å². The summed E-state index contributed by atoms with van der Waals surface area (Å²) in [4.78, 5) is 25.5. The van der Waals surface area contributed by atoms with Gasteiger partial charge >= 0.3 is 0 Å². The van der Waals surface area contributed by atoms with E-state index in [9.17, 15) is 9.59 Å². The lowest BCUT2D eigenvalue weighted by Gasteiger charge is -2.06. The van der Waals surface area contributed by atoms with Crippen LogP contribution >= 0.6 is 0 Å². The highest BCUT2D eigenvalue weighted by molar-refractivity contribution is 5.83. The monoisotopic (exact) mass is 259 g/mol. The summed E-state index contributed by atoms with van der Waals surface area (Å²) >= 11 is 0. The molecule has 2 amide bonds. The molecule has 0 radical (unpaired) electrons. The van der Waals surface area contributed by atoms with Gasteiger partial charge in [0.05, 0.1) is 6.42 Å². The van der Waals surface area contributed by atoms with E-state index in [-0.39, 0.29) is 11.8 Å². The molecular weight excluding hydrogens is 242 g/mol. The normalized spacial score (nSPS) is 10.4. The van der Waals surface area contributed by atoms with Crippen molar-refractivity contribution in [2.24, 2.45) is 0 Å². The Kier molecular flexibility index (Phi) is 4.18. The number of amides is 2. The number of carbonyl (C=O) groups is 2. The molecule has 0 aliphatic heterocycles. The Morgan fingerprint density at radius 1 is 1.16 bits per heavy atom. The van der Waals surface area contributed by atoms with Gasteiger partial charge in [-0.1, -0.05) is 12.1 Å². The second kappa shape index (κ2) is 6.04. The fraction of sp³-hybridized carbons (Fsp3) is 0.286. The highest BCUT2D eigenvalue weighted by Gasteiger charge is 2.04. The van der Waals surface area contributed by atoms with Crippen molar-refractivity contribution < 1.29 is 9.59 Å². The molecule has 0 unspecified atom stereocenters. The SMILES string of the molecule is CC(=O)NCCNC(=O)Cc1ccc2cc[nH]c2c1. The molecule has 19 heavy (non-hydrogen) atoms. The van der Waals surface area contributed by atoms with Crippen LogP contribution in [0.25, 0.3) is 10.9 Å². The van der Waals surface area contributed by atoms with Crippen molar-refractivity contribution in [2.75, 3.05) is 13.1 Å². The lowest BCUT2D eigenvalue weighted by Crippen LogP contribution is -2.34. The van der Waals surface area contributed by atoms with Crippen molar-refractivity contribution >= 4 is 22.7 Å². The first kappa shape index (κ1) is 13.1. The quantitative estimate of drug-likeness (QED) is 0.700. The molecule has 0 fully saturated rings. The standard InChI is InChI=1S/C14H17N3O2/c1-10(18)15-6-7-17-14(19)9-11-2-3-12-4-5-16-13(12)8-11/h2-5,8,16H,6-7,9H2,1H3,(H,15,18)(H,17,19). The van der Waals surface area contributed by atoms with Crippen LogP contribution in [0, 0.1) is 0 Å². The van der Waals surface area contributed by atoms with E-state index in [4.69, 9.17) is 0 Å². The third-order valence-corrected chi connectivity index (χ3v) is 2.81. The molecule has 0 bridgehead atoms. The molecule has 5 heteroatoms. The number of rotatable bonds is 5. The van der Waals surface area contributed by atoms with Gasteiger partial charge in [-0.2, -0.15) is 0 Å². The molecule has 0 aliphatic rings. The van der Waals surface area contributed by atoms with E-state index >= 15 is 0 Å². The van der Waals surface area contributed by atoms with E-state index in [1.54, 1.807) is 0 Å². The number of aromatic nitrogens is 1. The second-order valence-corrected chi connectivity index (χ2v) is 4.41. The van der Waals surface area contributed by atoms with Crippen LogP contribution in [0.4, 0.5) is 0 Å². The fourth-order valence-electron chi connectivity index (χ4n) is 1.89. The summed E-state index contributed by atoms with van der Waals surface area (Å²) < 4.78 is 0. The summed E-state index contributed by atoms with van der Waals surface area (Å²) in [5, 5.41) is 6.53. The van der Waals surface area contributed by atoms with Crippen molar-refractivity contribution in [1.29, 1.82) is 0 Å². The Labute approximate surface area is 111 Å². The molecule has 0 spiro atoms. The minimum Gasteiger partial charge on any atom is -0.361 e. The Bertz CT molecular complexity index is 589. The van der Waals surface area contributed by atoms with Gasteiger partial charge in [0.1, 0.15) is 0 Å². The van der Waals surface area contributed by atoms with Crippen molar-refractivity contribution in [3.63, 3.8) is 0 Å². The van der Waals surface area contributed by atoms with E-state index in [0.717, 1.165) is 16.5 Å². The van der Waals surface area contributed by atoms with Gasteiger partial charge in [-0.3, -0.25) is 9.59 Å². The van der Waals surface area contributed by atoms with E-state index in [1.165, 1.54) is 6.92 Å². The summed E-state index contributed by atoms with van der Waals surface area (Å²) in [5.41, 5.74) is 2.00. The first-order valence-electron chi connectivity index (χ1n) is 6.22. The molecule has 3 N–H and O–H groups in total. The minimum absolute atomic E-state index is 0.0451. The summed E-state index contributed by atoms with van der Waals surface area (Å²) in [5.74, 6) is -0.136. The molecule has 0 saturated heterocycles. The highest BCUT2D eigenvalue weighted by Crippen LogP contribution is 2.14. The molecule has 1 heterocycles. The van der Waals surface area contributed by atoms with Crippen LogP contribution < -0.4 is 10.6 Å². The topological polar surface area (TPSA) is 74.0 Å². The maximum absolute atomic E-state index is 11.7. The largest absolute Gasteiger partial charge is 0.361 e. The van der Waals surface area contributed by atoms with Gasteiger partial charge in [-0.15, -0.1) is 0 Å². The lowest BCUT2D eigenvalue weighted by molar-refractivity contribution is -0.121. The maximum atomic E-state index is 11.7. The molecule has 1 aromatic heterocycles. The van der Waals surface area contributed by atoms with E-state index in [0.29, 0.717) is 19.5 Å². The Morgan fingerprint density at radius 3 is 2.74 bits per heavy atom. The summed E-state index contributed by atoms with van der Waals surface area (Å²) in [6.45, 7) is 2.35. The van der Waals surface area contributed by atoms with E-state index in [2.05, 4.69) is 15.6 Å². The van der Waals surface area contributed by atoms with Crippen molar-refractivity contribution in [3.05, 3.63) is 36.0 Å². The second-order valence-electron chi connectivity index (χ2n) is 4.41. The predicted molar refractivity (Wildman–Crippen MR) is 73.7 cm³/mol. The van der Waals surface area contributed by atoms with Crippen LogP contribution in [0.1, 0.15) is 12.5 Å². The van der Waals surface area contributed by atoms with Gasteiger partial charge < -0.3 is 15.6 Å².